The maximum absolute atomic E-state index is 11.7. The molecule has 0 spiro atoms. The summed E-state index contributed by atoms with van der Waals surface area (Å²) < 4.78 is 31.9. The van der Waals surface area contributed by atoms with Gasteiger partial charge in [-0.2, -0.15) is 0 Å². The number of hydrogen-bond donors (Lipinski definition) is 1. The molecule has 0 unspecified atom stereocenters. The highest BCUT2D eigenvalue weighted by atomic mass is 32.3. The van der Waals surface area contributed by atoms with E-state index in [1.54, 1.807) is 0 Å². The molecule has 1 N–H and O–H groups in total. The van der Waals surface area contributed by atoms with Crippen LogP contribution in [0.5, 0.6) is 0 Å². The summed E-state index contributed by atoms with van der Waals surface area (Å²) in [6.45, 7) is 4.07. The summed E-state index contributed by atoms with van der Waals surface area (Å²) in [5.41, 5.74) is 0. The standard InChI is InChI=1S/C23H48N2O.CH4O4S/c1-5-6-7-8-9-10-11-12-13-14-15-16-17-18-19-20-23(26)24-21-22-25(2,3)4;1-5-6(2,3)4/h5-22H2,1-4H3;1H3,(H,2,3,4). The minimum atomic E-state index is -4.41. The van der Waals surface area contributed by atoms with Gasteiger partial charge in [0, 0.05) is 6.42 Å². The largest absolute Gasteiger partial charge is 0.726 e. The molecule has 0 saturated carbocycles. The summed E-state index contributed by atoms with van der Waals surface area (Å²) in [6.07, 6.45) is 21.2. The van der Waals surface area contributed by atoms with Gasteiger partial charge in [-0.25, -0.2) is 8.42 Å². The van der Waals surface area contributed by atoms with Gasteiger partial charge in [0.05, 0.1) is 41.3 Å². The summed E-state index contributed by atoms with van der Waals surface area (Å²) in [7, 11) is 2.86. The highest BCUT2D eigenvalue weighted by molar-refractivity contribution is 7.80. The van der Waals surface area contributed by atoms with Crippen LogP contribution in [0.2, 0.25) is 0 Å². The van der Waals surface area contributed by atoms with Crippen LogP contribution < -0.4 is 5.32 Å². The van der Waals surface area contributed by atoms with E-state index in [-0.39, 0.29) is 5.91 Å². The number of hydrogen-bond acceptors (Lipinski definition) is 5. The molecule has 0 heterocycles. The maximum atomic E-state index is 11.7. The van der Waals surface area contributed by atoms with Gasteiger partial charge in [0.1, 0.15) is 0 Å². The number of carbonyl (C=O) groups is 1. The summed E-state index contributed by atoms with van der Waals surface area (Å²) in [5, 5.41) is 3.03. The Morgan fingerprint density at radius 3 is 1.44 bits per heavy atom. The van der Waals surface area contributed by atoms with E-state index < -0.39 is 10.4 Å². The normalized spacial score (nSPS) is 11.7. The number of quaternary nitrogens is 1. The Kier molecular flexibility index (Phi) is 23.1. The minimum absolute atomic E-state index is 0.230. The molecule has 194 valence electrons. The molecule has 0 aliphatic heterocycles. The highest BCUT2D eigenvalue weighted by Crippen LogP contribution is 2.13. The van der Waals surface area contributed by atoms with E-state index in [0.29, 0.717) is 6.42 Å². The number of rotatable bonds is 20. The number of nitrogens with zero attached hydrogens (tertiary/aromatic N) is 1. The molecule has 0 fully saturated rings. The van der Waals surface area contributed by atoms with E-state index in [2.05, 4.69) is 37.6 Å². The highest BCUT2D eigenvalue weighted by Gasteiger charge is 2.07. The van der Waals surface area contributed by atoms with Crippen LogP contribution in [0.4, 0.5) is 0 Å². The van der Waals surface area contributed by atoms with E-state index in [0.717, 1.165) is 31.1 Å². The molecule has 1 amide bonds. The lowest BCUT2D eigenvalue weighted by atomic mass is 10.0. The molecule has 0 aliphatic rings. The molecule has 0 aliphatic carbocycles. The molecule has 0 bridgehead atoms. The number of likely N-dealkylation sites (N-methyl/N-ethyl adjacent to an activating group) is 1. The van der Waals surface area contributed by atoms with E-state index in [9.17, 15) is 17.8 Å². The van der Waals surface area contributed by atoms with Crippen molar-refractivity contribution in [1.29, 1.82) is 0 Å². The van der Waals surface area contributed by atoms with Crippen LogP contribution in [0.15, 0.2) is 0 Å². The van der Waals surface area contributed by atoms with Gasteiger partial charge in [0.25, 0.3) is 0 Å². The Morgan fingerprint density at radius 1 is 0.781 bits per heavy atom. The fraction of sp³-hybridized carbons (Fsp3) is 0.958. The van der Waals surface area contributed by atoms with Gasteiger partial charge in [0.15, 0.2) is 0 Å². The lowest BCUT2D eigenvalue weighted by Crippen LogP contribution is -2.41. The first-order valence-electron chi connectivity index (χ1n) is 12.6. The Morgan fingerprint density at radius 2 is 1.12 bits per heavy atom. The van der Waals surface area contributed by atoms with Crippen LogP contribution in [0.1, 0.15) is 110 Å². The smallest absolute Gasteiger partial charge is 0.220 e. The quantitative estimate of drug-likeness (QED) is 0.112. The monoisotopic (exact) mass is 480 g/mol. The van der Waals surface area contributed by atoms with Crippen LogP contribution in [-0.4, -0.2) is 64.7 Å². The average molecular weight is 481 g/mol. The first kappa shape index (κ1) is 33.5. The predicted molar refractivity (Wildman–Crippen MR) is 132 cm³/mol. The SMILES string of the molecule is CCCCCCCCCCCCCCCCCC(=O)NCC[N+](C)(C)C.COS(=O)(=O)[O-]. The van der Waals surface area contributed by atoms with Crippen LogP contribution in [0.25, 0.3) is 0 Å². The second kappa shape index (κ2) is 22.1. The van der Waals surface area contributed by atoms with Crippen LogP contribution in [0, 0.1) is 0 Å². The van der Waals surface area contributed by atoms with Gasteiger partial charge < -0.3 is 14.4 Å². The second-order valence-corrected chi connectivity index (χ2v) is 10.8. The molecule has 32 heavy (non-hydrogen) atoms. The van der Waals surface area contributed by atoms with Crippen molar-refractivity contribution in [1.82, 2.24) is 5.32 Å². The lowest BCUT2D eigenvalue weighted by molar-refractivity contribution is -0.869. The van der Waals surface area contributed by atoms with Crippen molar-refractivity contribution in [3.05, 3.63) is 0 Å². The zero-order valence-corrected chi connectivity index (χ0v) is 22.4. The van der Waals surface area contributed by atoms with Gasteiger partial charge >= 0.3 is 0 Å². The van der Waals surface area contributed by atoms with Crippen molar-refractivity contribution in [3.8, 4) is 0 Å². The van der Waals surface area contributed by atoms with Crippen molar-refractivity contribution in [2.24, 2.45) is 0 Å². The molecule has 0 aromatic rings. The van der Waals surface area contributed by atoms with Crippen molar-refractivity contribution in [2.45, 2.75) is 110 Å². The Hall–Kier alpha value is -0.700. The van der Waals surface area contributed by atoms with Gasteiger partial charge in [-0.1, -0.05) is 96.8 Å². The van der Waals surface area contributed by atoms with Gasteiger partial charge in [-0.05, 0) is 6.42 Å². The van der Waals surface area contributed by atoms with E-state index in [1.807, 2.05) is 0 Å². The fourth-order valence-corrected chi connectivity index (χ4v) is 3.28. The van der Waals surface area contributed by atoms with Crippen LogP contribution in [0.3, 0.4) is 0 Å². The van der Waals surface area contributed by atoms with Gasteiger partial charge in [0.2, 0.25) is 16.3 Å². The number of amides is 1. The Labute approximate surface area is 199 Å². The Bertz CT molecular complexity index is 519. The summed E-state index contributed by atoms with van der Waals surface area (Å²) in [5.74, 6) is 0.230. The van der Waals surface area contributed by atoms with Crippen LogP contribution >= 0.6 is 0 Å². The topological polar surface area (TPSA) is 95.5 Å². The summed E-state index contributed by atoms with van der Waals surface area (Å²) >= 11 is 0. The second-order valence-electron chi connectivity index (χ2n) is 9.64. The first-order chi connectivity index (χ1) is 15.0. The number of nitrogens with one attached hydrogen (secondary N) is 1. The molecule has 8 heteroatoms. The van der Waals surface area contributed by atoms with Gasteiger partial charge in [-0.15, -0.1) is 0 Å². The zero-order valence-electron chi connectivity index (χ0n) is 21.6. The number of unbranched alkanes of at least 4 members (excludes halogenated alkanes) is 14. The first-order valence-corrected chi connectivity index (χ1v) is 13.9. The van der Waals surface area contributed by atoms with Crippen molar-refractivity contribution < 1.29 is 26.4 Å². The van der Waals surface area contributed by atoms with Gasteiger partial charge in [-0.3, -0.25) is 8.98 Å². The molecule has 0 rings (SSSR count). The molecule has 0 saturated heterocycles. The molecular formula is C24H52N2O5S. The van der Waals surface area contributed by atoms with Crippen molar-refractivity contribution >= 4 is 16.3 Å². The van der Waals surface area contributed by atoms with E-state index in [4.69, 9.17) is 0 Å². The lowest BCUT2D eigenvalue weighted by Gasteiger charge is -2.23. The molecule has 0 aromatic carbocycles. The Balaban J connectivity index is 0. The van der Waals surface area contributed by atoms with Crippen molar-refractivity contribution in [3.63, 3.8) is 0 Å². The third-order valence-corrected chi connectivity index (χ3v) is 5.72. The summed E-state index contributed by atoms with van der Waals surface area (Å²) in [6, 6.07) is 0. The molecule has 0 aromatic heterocycles. The molecule has 0 radical (unpaired) electrons. The third-order valence-electron chi connectivity index (χ3n) is 5.32. The minimum Gasteiger partial charge on any atom is -0.726 e. The predicted octanol–water partition coefficient (Wildman–Crippen LogP) is 5.16. The fourth-order valence-electron chi connectivity index (χ4n) is 3.28. The summed E-state index contributed by atoms with van der Waals surface area (Å²) in [4.78, 5) is 11.7. The third kappa shape index (κ3) is 33.9. The van der Waals surface area contributed by atoms with Crippen LogP contribution in [-0.2, 0) is 19.4 Å². The van der Waals surface area contributed by atoms with E-state index in [1.165, 1.54) is 89.9 Å². The number of carbonyl (C=O) groups excluding carboxylic acids is 1. The van der Waals surface area contributed by atoms with E-state index >= 15 is 0 Å². The van der Waals surface area contributed by atoms with Crippen molar-refractivity contribution in [2.75, 3.05) is 41.3 Å². The molecule has 0 atom stereocenters. The zero-order chi connectivity index (χ0) is 24.7. The molecule has 7 nitrogen and oxygen atoms in total. The average Bonchev–Trinajstić information content (AvgIpc) is 2.70. The maximum Gasteiger partial charge on any atom is 0.220 e. The molecular weight excluding hydrogens is 428 g/mol.